The van der Waals surface area contributed by atoms with Crippen LogP contribution in [0.5, 0.6) is 5.75 Å². The van der Waals surface area contributed by atoms with Gasteiger partial charge in [-0.1, -0.05) is 11.6 Å². The first-order valence-electron chi connectivity index (χ1n) is 3.30. The average Bonchev–Trinajstić information content (AvgIpc) is 1.94. The summed E-state index contributed by atoms with van der Waals surface area (Å²) in [6.07, 6.45) is 0. The molecule has 4 heteroatoms. The van der Waals surface area contributed by atoms with E-state index in [0.29, 0.717) is 10.6 Å². The van der Waals surface area contributed by atoms with Crippen molar-refractivity contribution >= 4 is 11.6 Å². The molecule has 0 fully saturated rings. The van der Waals surface area contributed by atoms with Gasteiger partial charge in [0.25, 0.3) is 0 Å². The van der Waals surface area contributed by atoms with Gasteiger partial charge in [0.2, 0.25) is 0 Å². The molecule has 0 spiro atoms. The quantitative estimate of drug-likeness (QED) is 0.699. The Labute approximate surface area is 73.9 Å². The Kier molecular flexibility index (Phi) is 2.87. The van der Waals surface area contributed by atoms with Crippen LogP contribution in [0.2, 0.25) is 5.02 Å². The number of benzene rings is 1. The maximum absolute atomic E-state index is 11.7. The fraction of sp³-hybridized carbons (Fsp3) is 0.250. The minimum atomic E-state index is -2.79. The van der Waals surface area contributed by atoms with Crippen molar-refractivity contribution in [2.45, 2.75) is 13.5 Å². The van der Waals surface area contributed by atoms with Gasteiger partial charge in [-0.2, -0.15) is 8.78 Å². The molecule has 0 bridgehead atoms. The van der Waals surface area contributed by atoms with Crippen molar-refractivity contribution in [1.82, 2.24) is 0 Å². The normalized spacial score (nSPS) is 10.4. The molecule has 0 unspecified atom stereocenters. The van der Waals surface area contributed by atoms with E-state index >= 15 is 0 Å². The van der Waals surface area contributed by atoms with Crippen LogP contribution in [0.4, 0.5) is 8.78 Å². The first-order chi connectivity index (χ1) is 5.59. The van der Waals surface area contributed by atoms with Crippen LogP contribution in [0.25, 0.3) is 0 Å². The third-order valence-corrected chi connectivity index (χ3v) is 1.59. The average molecular weight is 193 g/mol. The van der Waals surface area contributed by atoms with Gasteiger partial charge in [0.15, 0.2) is 0 Å². The van der Waals surface area contributed by atoms with Crippen molar-refractivity contribution in [3.63, 3.8) is 0 Å². The van der Waals surface area contributed by atoms with Gasteiger partial charge in [0.1, 0.15) is 5.75 Å². The Morgan fingerprint density at radius 1 is 1.42 bits per heavy atom. The molecule has 0 aliphatic carbocycles. The Hall–Kier alpha value is -0.830. The lowest BCUT2D eigenvalue weighted by molar-refractivity contribution is -0.0502. The molecule has 0 aliphatic rings. The van der Waals surface area contributed by atoms with Gasteiger partial charge in [-0.05, 0) is 30.7 Å². The monoisotopic (exact) mass is 192 g/mol. The highest BCUT2D eigenvalue weighted by Crippen LogP contribution is 2.23. The Bertz CT molecular complexity index is 276. The summed E-state index contributed by atoms with van der Waals surface area (Å²) in [4.78, 5) is 0. The third kappa shape index (κ3) is 2.34. The van der Waals surface area contributed by atoms with Gasteiger partial charge >= 0.3 is 6.61 Å². The lowest BCUT2D eigenvalue weighted by Crippen LogP contribution is -2.02. The van der Waals surface area contributed by atoms with E-state index in [4.69, 9.17) is 11.6 Å². The van der Waals surface area contributed by atoms with Crippen LogP contribution in [-0.4, -0.2) is 6.61 Å². The van der Waals surface area contributed by atoms with Gasteiger partial charge in [0, 0.05) is 5.02 Å². The Morgan fingerprint density at radius 3 is 2.58 bits per heavy atom. The van der Waals surface area contributed by atoms with Crippen LogP contribution in [-0.2, 0) is 0 Å². The molecular weight excluding hydrogens is 186 g/mol. The molecule has 66 valence electrons. The SMILES string of the molecule is Cc1cc(Cl)ccc1OC(F)F. The van der Waals surface area contributed by atoms with Gasteiger partial charge in [-0.3, -0.25) is 0 Å². The molecule has 0 aliphatic heterocycles. The maximum atomic E-state index is 11.7. The molecule has 0 saturated heterocycles. The second-order valence-electron chi connectivity index (χ2n) is 2.29. The lowest BCUT2D eigenvalue weighted by atomic mass is 10.2. The molecule has 1 aromatic carbocycles. The van der Waals surface area contributed by atoms with Gasteiger partial charge in [0.05, 0.1) is 0 Å². The Morgan fingerprint density at radius 2 is 2.08 bits per heavy atom. The van der Waals surface area contributed by atoms with E-state index in [-0.39, 0.29) is 5.75 Å². The summed E-state index contributed by atoms with van der Waals surface area (Å²) in [6.45, 7) is -1.13. The van der Waals surface area contributed by atoms with Gasteiger partial charge in [-0.15, -0.1) is 0 Å². The minimum Gasteiger partial charge on any atom is -0.435 e. The highest BCUT2D eigenvalue weighted by molar-refractivity contribution is 6.30. The van der Waals surface area contributed by atoms with E-state index in [0.717, 1.165) is 0 Å². The fourth-order valence-corrected chi connectivity index (χ4v) is 1.07. The zero-order valence-electron chi connectivity index (χ0n) is 6.35. The van der Waals surface area contributed by atoms with E-state index < -0.39 is 6.61 Å². The van der Waals surface area contributed by atoms with E-state index in [2.05, 4.69) is 4.74 Å². The summed E-state index contributed by atoms with van der Waals surface area (Å²) in [5, 5.41) is 0.508. The Balaban J connectivity index is 2.86. The number of alkyl halides is 2. The molecule has 0 heterocycles. The molecule has 1 rings (SSSR count). The molecule has 0 saturated carbocycles. The zero-order valence-corrected chi connectivity index (χ0v) is 7.11. The van der Waals surface area contributed by atoms with Crippen molar-refractivity contribution < 1.29 is 13.5 Å². The largest absolute Gasteiger partial charge is 0.435 e. The summed E-state index contributed by atoms with van der Waals surface area (Å²) >= 11 is 5.61. The highest BCUT2D eigenvalue weighted by atomic mass is 35.5. The van der Waals surface area contributed by atoms with Crippen molar-refractivity contribution in [2.24, 2.45) is 0 Å². The van der Waals surface area contributed by atoms with Crippen LogP contribution in [0.1, 0.15) is 5.56 Å². The summed E-state index contributed by atoms with van der Waals surface area (Å²) < 4.78 is 27.7. The topological polar surface area (TPSA) is 9.23 Å². The third-order valence-electron chi connectivity index (χ3n) is 1.35. The van der Waals surface area contributed by atoms with E-state index in [1.54, 1.807) is 13.0 Å². The highest BCUT2D eigenvalue weighted by Gasteiger charge is 2.06. The molecule has 0 radical (unpaired) electrons. The van der Waals surface area contributed by atoms with Crippen LogP contribution < -0.4 is 4.74 Å². The number of hydrogen-bond donors (Lipinski definition) is 0. The molecule has 1 nitrogen and oxygen atoms in total. The first-order valence-corrected chi connectivity index (χ1v) is 3.68. The standard InChI is InChI=1S/C8H7ClF2O/c1-5-4-6(9)2-3-7(5)12-8(10)11/h2-4,8H,1H3. The van der Waals surface area contributed by atoms with Crippen LogP contribution in [0.3, 0.4) is 0 Å². The zero-order chi connectivity index (χ0) is 9.14. The summed E-state index contributed by atoms with van der Waals surface area (Å²) in [5.41, 5.74) is 0.600. The van der Waals surface area contributed by atoms with Crippen LogP contribution in [0.15, 0.2) is 18.2 Å². The van der Waals surface area contributed by atoms with E-state index in [1.807, 2.05) is 0 Å². The lowest BCUT2D eigenvalue weighted by Gasteiger charge is -2.06. The summed E-state index contributed by atoms with van der Waals surface area (Å²) in [6, 6.07) is 4.50. The first kappa shape index (κ1) is 9.26. The number of aryl methyl sites for hydroxylation is 1. The molecule has 0 amide bonds. The number of ether oxygens (including phenoxy) is 1. The predicted octanol–water partition coefficient (Wildman–Crippen LogP) is 3.25. The predicted molar refractivity (Wildman–Crippen MR) is 42.8 cm³/mol. The minimum absolute atomic E-state index is 0.161. The molecule has 0 atom stereocenters. The van der Waals surface area contributed by atoms with E-state index in [9.17, 15) is 8.78 Å². The number of hydrogen-bond acceptors (Lipinski definition) is 1. The van der Waals surface area contributed by atoms with Gasteiger partial charge < -0.3 is 4.74 Å². The van der Waals surface area contributed by atoms with Crippen molar-refractivity contribution in [2.75, 3.05) is 0 Å². The van der Waals surface area contributed by atoms with Gasteiger partial charge in [-0.25, -0.2) is 0 Å². The van der Waals surface area contributed by atoms with Crippen LogP contribution in [0, 0.1) is 6.92 Å². The second kappa shape index (κ2) is 3.72. The summed E-state index contributed by atoms with van der Waals surface area (Å²) in [7, 11) is 0. The van der Waals surface area contributed by atoms with Crippen molar-refractivity contribution in [3.05, 3.63) is 28.8 Å². The summed E-state index contributed by atoms with van der Waals surface area (Å²) in [5.74, 6) is 0.161. The van der Waals surface area contributed by atoms with E-state index in [1.165, 1.54) is 12.1 Å². The molecule has 0 N–H and O–H groups in total. The van der Waals surface area contributed by atoms with Crippen molar-refractivity contribution in [3.8, 4) is 5.75 Å². The second-order valence-corrected chi connectivity index (χ2v) is 2.72. The molecule has 12 heavy (non-hydrogen) atoms. The smallest absolute Gasteiger partial charge is 0.387 e. The number of halogens is 3. The molecule has 0 aromatic heterocycles. The maximum Gasteiger partial charge on any atom is 0.387 e. The molecule has 1 aromatic rings. The number of rotatable bonds is 2. The fourth-order valence-electron chi connectivity index (χ4n) is 0.841. The molecular formula is C8H7ClF2O. The van der Waals surface area contributed by atoms with Crippen LogP contribution >= 0.6 is 11.6 Å². The van der Waals surface area contributed by atoms with Crippen molar-refractivity contribution in [1.29, 1.82) is 0 Å².